The second kappa shape index (κ2) is 8.16. The fraction of sp³-hybridized carbons (Fsp3) is 0.409. The molecule has 0 bridgehead atoms. The van der Waals surface area contributed by atoms with Crippen LogP contribution in [-0.4, -0.2) is 27.0 Å². The first-order valence-corrected chi connectivity index (χ1v) is 11.2. The van der Waals surface area contributed by atoms with Gasteiger partial charge in [0.1, 0.15) is 10.6 Å². The van der Waals surface area contributed by atoms with Crippen LogP contribution in [0.15, 0.2) is 41.3 Å². The zero-order valence-electron chi connectivity index (χ0n) is 17.3. The summed E-state index contributed by atoms with van der Waals surface area (Å²) >= 11 is 0. The van der Waals surface area contributed by atoms with E-state index in [2.05, 4.69) is 16.1 Å². The molecular weight excluding hydrogens is 388 g/mol. The molecule has 0 saturated carbocycles. The minimum atomic E-state index is -3.86. The molecule has 1 aliphatic rings. The van der Waals surface area contributed by atoms with E-state index in [0.717, 1.165) is 31.4 Å². The highest BCUT2D eigenvalue weighted by molar-refractivity contribution is 7.89. The van der Waals surface area contributed by atoms with Crippen LogP contribution in [0.3, 0.4) is 0 Å². The molecule has 6 nitrogen and oxygen atoms in total. The molecule has 0 radical (unpaired) electrons. The third-order valence-corrected chi connectivity index (χ3v) is 6.58. The van der Waals surface area contributed by atoms with Gasteiger partial charge in [0.15, 0.2) is 0 Å². The van der Waals surface area contributed by atoms with Gasteiger partial charge in [0.25, 0.3) is 5.91 Å². The number of hydrogen-bond donors (Lipinski definition) is 2. The van der Waals surface area contributed by atoms with Crippen LogP contribution >= 0.6 is 0 Å². The van der Waals surface area contributed by atoms with Crippen LogP contribution in [0.1, 0.15) is 55.1 Å². The summed E-state index contributed by atoms with van der Waals surface area (Å²) in [6.07, 6.45) is 4.21. The van der Waals surface area contributed by atoms with Crippen molar-refractivity contribution in [2.45, 2.75) is 56.9 Å². The zero-order chi connectivity index (χ0) is 21.2. The summed E-state index contributed by atoms with van der Waals surface area (Å²) in [6, 6.07) is 10.4. The van der Waals surface area contributed by atoms with Crippen LogP contribution in [0, 0.1) is 0 Å². The van der Waals surface area contributed by atoms with E-state index in [1.165, 1.54) is 30.4 Å². The molecule has 0 heterocycles. The summed E-state index contributed by atoms with van der Waals surface area (Å²) in [6.45, 7) is 5.27. The van der Waals surface area contributed by atoms with Gasteiger partial charge in [-0.2, -0.15) is 0 Å². The number of methoxy groups -OCH3 is 1. The van der Waals surface area contributed by atoms with Gasteiger partial charge in [-0.1, -0.05) is 12.1 Å². The molecule has 0 fully saturated rings. The summed E-state index contributed by atoms with van der Waals surface area (Å²) in [4.78, 5) is 12.8. The van der Waals surface area contributed by atoms with Crippen molar-refractivity contribution in [2.75, 3.05) is 12.4 Å². The summed E-state index contributed by atoms with van der Waals surface area (Å²) < 4.78 is 33.5. The fourth-order valence-electron chi connectivity index (χ4n) is 3.58. The molecule has 2 aromatic rings. The first-order chi connectivity index (χ1) is 13.6. The minimum Gasteiger partial charge on any atom is -0.495 e. The van der Waals surface area contributed by atoms with Gasteiger partial charge in [0.2, 0.25) is 10.0 Å². The number of carbonyl (C=O) groups excluding carboxylic acids is 1. The van der Waals surface area contributed by atoms with Crippen molar-refractivity contribution < 1.29 is 17.9 Å². The Hall–Kier alpha value is -2.38. The first kappa shape index (κ1) is 21.3. The van der Waals surface area contributed by atoms with Crippen molar-refractivity contribution in [2.24, 2.45) is 0 Å². The molecule has 0 aromatic heterocycles. The van der Waals surface area contributed by atoms with Crippen molar-refractivity contribution in [1.29, 1.82) is 0 Å². The van der Waals surface area contributed by atoms with Crippen LogP contribution in [0.25, 0.3) is 0 Å². The van der Waals surface area contributed by atoms with Crippen molar-refractivity contribution in [3.8, 4) is 5.75 Å². The Morgan fingerprint density at radius 1 is 1.07 bits per heavy atom. The molecule has 0 atom stereocenters. The largest absolute Gasteiger partial charge is 0.495 e. The Bertz CT molecular complexity index is 1020. The van der Waals surface area contributed by atoms with Crippen molar-refractivity contribution in [1.82, 2.24) is 4.72 Å². The molecule has 156 valence electrons. The van der Waals surface area contributed by atoms with Crippen molar-refractivity contribution in [3.05, 3.63) is 53.1 Å². The first-order valence-electron chi connectivity index (χ1n) is 9.75. The molecule has 2 N–H and O–H groups in total. The number of fused-ring (bicyclic) bond motifs is 1. The Balaban J connectivity index is 1.93. The lowest BCUT2D eigenvalue weighted by Crippen LogP contribution is -2.40. The highest BCUT2D eigenvalue weighted by Crippen LogP contribution is 2.29. The Morgan fingerprint density at radius 2 is 1.79 bits per heavy atom. The summed E-state index contributed by atoms with van der Waals surface area (Å²) in [5.41, 5.74) is 2.82. The van der Waals surface area contributed by atoms with E-state index >= 15 is 0 Å². The highest BCUT2D eigenvalue weighted by Gasteiger charge is 2.26. The fourth-order valence-corrected chi connectivity index (χ4v) is 5.19. The number of benzene rings is 2. The summed E-state index contributed by atoms with van der Waals surface area (Å²) in [5.74, 6) is -0.158. The Labute approximate surface area is 172 Å². The Morgan fingerprint density at radius 3 is 2.48 bits per heavy atom. The standard InChI is InChI=1S/C22H28N2O4S/c1-22(2,3)24-29(26,27)20-14-16(12-13-19(20)28-4)21(25)23-18-11-7-9-15-8-5-6-10-17(15)18/h7,9,11-14,24H,5-6,8,10H2,1-4H3,(H,23,25). The molecule has 0 saturated heterocycles. The van der Waals surface area contributed by atoms with Crippen molar-refractivity contribution >= 4 is 21.6 Å². The number of ether oxygens (including phenoxy) is 1. The lowest BCUT2D eigenvalue weighted by molar-refractivity contribution is 0.102. The molecule has 7 heteroatoms. The topological polar surface area (TPSA) is 84.5 Å². The number of rotatable bonds is 5. The lowest BCUT2D eigenvalue weighted by atomic mass is 9.90. The average Bonchev–Trinajstić information content (AvgIpc) is 2.66. The van der Waals surface area contributed by atoms with Crippen LogP contribution in [0.4, 0.5) is 5.69 Å². The molecule has 1 aliphatic carbocycles. The van der Waals surface area contributed by atoms with Crippen LogP contribution in [0.5, 0.6) is 5.75 Å². The maximum atomic E-state index is 12.9. The van der Waals surface area contributed by atoms with Gasteiger partial charge in [-0.25, -0.2) is 13.1 Å². The van der Waals surface area contributed by atoms with Gasteiger partial charge in [-0.3, -0.25) is 4.79 Å². The molecule has 1 amide bonds. The molecule has 0 spiro atoms. The molecular formula is C22H28N2O4S. The van der Waals surface area contributed by atoms with Gasteiger partial charge in [-0.05, 0) is 81.8 Å². The number of carbonyl (C=O) groups is 1. The molecule has 0 unspecified atom stereocenters. The number of nitrogens with one attached hydrogen (secondary N) is 2. The van der Waals surface area contributed by atoms with Gasteiger partial charge < -0.3 is 10.1 Å². The summed E-state index contributed by atoms with van der Waals surface area (Å²) in [5, 5.41) is 2.96. The van der Waals surface area contributed by atoms with Crippen molar-refractivity contribution in [3.63, 3.8) is 0 Å². The normalized spacial score (nSPS) is 14.2. The van der Waals surface area contributed by atoms with Gasteiger partial charge in [0.05, 0.1) is 7.11 Å². The quantitative estimate of drug-likeness (QED) is 0.774. The van der Waals surface area contributed by atoms with E-state index in [9.17, 15) is 13.2 Å². The molecule has 3 rings (SSSR count). The smallest absolute Gasteiger partial charge is 0.255 e. The third kappa shape index (κ3) is 4.97. The van der Waals surface area contributed by atoms with E-state index in [4.69, 9.17) is 4.74 Å². The predicted molar refractivity (Wildman–Crippen MR) is 114 cm³/mol. The molecule has 2 aromatic carbocycles. The van der Waals surface area contributed by atoms with Crippen LogP contribution in [0.2, 0.25) is 0 Å². The number of amides is 1. The monoisotopic (exact) mass is 416 g/mol. The lowest BCUT2D eigenvalue weighted by Gasteiger charge is -2.22. The number of anilines is 1. The maximum absolute atomic E-state index is 12.9. The number of aryl methyl sites for hydroxylation is 1. The average molecular weight is 417 g/mol. The summed E-state index contributed by atoms with van der Waals surface area (Å²) in [7, 11) is -2.45. The van der Waals surface area contributed by atoms with Gasteiger partial charge >= 0.3 is 0 Å². The van der Waals surface area contributed by atoms with E-state index in [0.29, 0.717) is 0 Å². The maximum Gasteiger partial charge on any atom is 0.255 e. The number of sulfonamides is 1. The zero-order valence-corrected chi connectivity index (χ0v) is 18.2. The predicted octanol–water partition coefficient (Wildman–Crippen LogP) is 3.90. The molecule has 0 aliphatic heterocycles. The van der Waals surface area contributed by atoms with E-state index < -0.39 is 15.6 Å². The van der Waals surface area contributed by atoms with E-state index in [1.54, 1.807) is 26.8 Å². The second-order valence-corrected chi connectivity index (χ2v) is 9.98. The van der Waals surface area contributed by atoms with Gasteiger partial charge in [0, 0.05) is 16.8 Å². The van der Waals surface area contributed by atoms with E-state index in [-0.39, 0.29) is 22.1 Å². The minimum absolute atomic E-state index is 0.0577. The third-order valence-electron chi connectivity index (χ3n) is 4.80. The van der Waals surface area contributed by atoms with E-state index in [1.807, 2.05) is 12.1 Å². The second-order valence-electron chi connectivity index (χ2n) is 8.33. The van der Waals surface area contributed by atoms with Gasteiger partial charge in [-0.15, -0.1) is 0 Å². The molecule has 29 heavy (non-hydrogen) atoms. The van der Waals surface area contributed by atoms with Crippen LogP contribution < -0.4 is 14.8 Å². The number of hydrogen-bond acceptors (Lipinski definition) is 4. The van der Waals surface area contributed by atoms with Crippen LogP contribution in [-0.2, 0) is 22.9 Å². The SMILES string of the molecule is COc1ccc(C(=O)Nc2cccc3c2CCCC3)cc1S(=O)(=O)NC(C)(C)C. The highest BCUT2D eigenvalue weighted by atomic mass is 32.2. The Kier molecular flexibility index (Phi) is 6.00.